The molecule has 0 unspecified atom stereocenters. The number of rotatable bonds is 3. The maximum absolute atomic E-state index is 13.0. The Bertz CT molecular complexity index is 882. The molecule has 1 saturated heterocycles. The van der Waals surface area contributed by atoms with Gasteiger partial charge in [0.1, 0.15) is 17.7 Å². The molecule has 4 heterocycles. The topological polar surface area (TPSA) is 68.4 Å². The molecule has 0 aliphatic carbocycles. The molecule has 25 heavy (non-hydrogen) atoms. The van der Waals surface area contributed by atoms with Crippen LogP contribution in [0.4, 0.5) is 19.0 Å². The van der Waals surface area contributed by atoms with Crippen molar-refractivity contribution in [1.29, 1.82) is 0 Å². The summed E-state index contributed by atoms with van der Waals surface area (Å²) in [5, 5.41) is 10.7. The Kier molecular flexibility index (Phi) is 3.66. The molecule has 0 N–H and O–H groups in total. The summed E-state index contributed by atoms with van der Waals surface area (Å²) in [6, 6.07) is 6.64. The predicted molar refractivity (Wildman–Crippen MR) is 81.3 cm³/mol. The monoisotopic (exact) mass is 350 g/mol. The first-order valence-corrected chi connectivity index (χ1v) is 7.62. The van der Waals surface area contributed by atoms with Crippen molar-refractivity contribution in [3.8, 4) is 5.75 Å². The third-order valence-corrected chi connectivity index (χ3v) is 3.92. The highest BCUT2D eigenvalue weighted by atomic mass is 19.4. The van der Waals surface area contributed by atoms with Gasteiger partial charge in [-0.2, -0.15) is 17.7 Å². The van der Waals surface area contributed by atoms with Gasteiger partial charge in [-0.15, -0.1) is 15.3 Å². The Morgan fingerprint density at radius 1 is 1.08 bits per heavy atom. The first-order chi connectivity index (χ1) is 12.0. The van der Waals surface area contributed by atoms with Crippen LogP contribution in [0, 0.1) is 0 Å². The minimum atomic E-state index is -4.61. The Balaban J connectivity index is 1.54. The maximum atomic E-state index is 13.0. The van der Waals surface area contributed by atoms with Crippen molar-refractivity contribution in [1.82, 2.24) is 24.8 Å². The zero-order chi connectivity index (χ0) is 17.4. The molecule has 1 fully saturated rings. The number of anilines is 1. The van der Waals surface area contributed by atoms with E-state index in [1.807, 2.05) is 4.90 Å². The molecule has 0 bridgehead atoms. The van der Waals surface area contributed by atoms with Crippen molar-refractivity contribution < 1.29 is 17.9 Å². The van der Waals surface area contributed by atoms with E-state index in [9.17, 15) is 13.2 Å². The molecule has 0 radical (unpaired) electrons. The second kappa shape index (κ2) is 5.87. The van der Waals surface area contributed by atoms with Crippen molar-refractivity contribution in [3.63, 3.8) is 0 Å². The molecule has 3 aromatic rings. The number of fused-ring (bicyclic) bond motifs is 1. The zero-order valence-electron chi connectivity index (χ0n) is 12.9. The lowest BCUT2D eigenvalue weighted by molar-refractivity contribution is -0.146. The van der Waals surface area contributed by atoms with E-state index in [1.165, 1.54) is 6.07 Å². The van der Waals surface area contributed by atoms with Crippen LogP contribution in [0.15, 0.2) is 36.7 Å². The van der Waals surface area contributed by atoms with E-state index in [0.717, 1.165) is 10.9 Å². The van der Waals surface area contributed by atoms with Crippen LogP contribution in [-0.4, -0.2) is 44.0 Å². The van der Waals surface area contributed by atoms with E-state index in [2.05, 4.69) is 20.3 Å². The fourth-order valence-corrected chi connectivity index (χ4v) is 2.77. The van der Waals surface area contributed by atoms with Crippen LogP contribution >= 0.6 is 0 Å². The minimum Gasteiger partial charge on any atom is -0.488 e. The van der Waals surface area contributed by atoms with Crippen LogP contribution in [0.25, 0.3) is 5.65 Å². The van der Waals surface area contributed by atoms with E-state index < -0.39 is 12.0 Å². The maximum Gasteiger partial charge on any atom is 0.453 e. The molecule has 10 heteroatoms. The highest BCUT2D eigenvalue weighted by molar-refractivity contribution is 5.46. The van der Waals surface area contributed by atoms with Crippen LogP contribution in [0.2, 0.25) is 0 Å². The number of hydrogen-bond acceptors (Lipinski definition) is 6. The van der Waals surface area contributed by atoms with Crippen molar-refractivity contribution in [3.05, 3.63) is 42.5 Å². The van der Waals surface area contributed by atoms with E-state index in [0.29, 0.717) is 24.7 Å². The van der Waals surface area contributed by atoms with Gasteiger partial charge in [-0.25, -0.2) is 0 Å². The van der Waals surface area contributed by atoms with Crippen molar-refractivity contribution in [2.75, 3.05) is 18.0 Å². The summed E-state index contributed by atoms with van der Waals surface area (Å²) in [7, 11) is 0. The normalized spacial score (nSPS) is 18.0. The van der Waals surface area contributed by atoms with E-state index >= 15 is 0 Å². The molecule has 4 rings (SSSR count). The van der Waals surface area contributed by atoms with Crippen LogP contribution in [0.5, 0.6) is 5.75 Å². The van der Waals surface area contributed by atoms with E-state index in [-0.39, 0.29) is 11.8 Å². The van der Waals surface area contributed by atoms with Gasteiger partial charge in [-0.1, -0.05) is 0 Å². The lowest BCUT2D eigenvalue weighted by atomic mass is 10.3. The van der Waals surface area contributed by atoms with E-state index in [4.69, 9.17) is 4.74 Å². The summed E-state index contributed by atoms with van der Waals surface area (Å²) in [5.41, 5.74) is 0.0554. The number of halogens is 3. The molecule has 7 nitrogen and oxygen atoms in total. The third kappa shape index (κ3) is 3.06. The first-order valence-electron chi connectivity index (χ1n) is 7.62. The van der Waals surface area contributed by atoms with Crippen LogP contribution in [0.3, 0.4) is 0 Å². The highest BCUT2D eigenvalue weighted by Gasteiger charge is 2.38. The first kappa shape index (κ1) is 15.6. The number of pyridine rings is 1. The summed E-state index contributed by atoms with van der Waals surface area (Å²) < 4.78 is 45.5. The average Bonchev–Trinajstić information content (AvgIpc) is 3.21. The number of nitrogens with zero attached hydrogens (tertiary/aromatic N) is 6. The van der Waals surface area contributed by atoms with E-state index in [1.54, 1.807) is 30.6 Å². The Labute approximate surface area is 140 Å². The van der Waals surface area contributed by atoms with Gasteiger partial charge in [0, 0.05) is 25.4 Å². The summed E-state index contributed by atoms with van der Waals surface area (Å²) in [4.78, 5) is 5.81. The van der Waals surface area contributed by atoms with Crippen molar-refractivity contribution in [2.45, 2.75) is 18.7 Å². The fourth-order valence-electron chi connectivity index (χ4n) is 2.77. The Morgan fingerprint density at radius 2 is 1.88 bits per heavy atom. The van der Waals surface area contributed by atoms with Crippen LogP contribution < -0.4 is 9.64 Å². The lowest BCUT2D eigenvalue weighted by Crippen LogP contribution is -2.26. The zero-order valence-corrected chi connectivity index (χ0v) is 12.9. The number of hydrogen-bond donors (Lipinski definition) is 0. The second-order valence-corrected chi connectivity index (χ2v) is 5.64. The number of alkyl halides is 3. The minimum absolute atomic E-state index is 0.0554. The quantitative estimate of drug-likeness (QED) is 0.721. The molecular weight excluding hydrogens is 337 g/mol. The standard InChI is InChI=1S/C15H13F3N6O/c16-15(17,18)14-21-20-12-1-2-13(22-24(12)14)23-8-5-11(9-23)25-10-3-6-19-7-4-10/h1-4,6-7,11H,5,8-9H2/t11-/m0/s1. The van der Waals surface area contributed by atoms with Gasteiger partial charge < -0.3 is 9.64 Å². The average molecular weight is 350 g/mol. The van der Waals surface area contributed by atoms with Gasteiger partial charge in [-0.3, -0.25) is 4.98 Å². The molecule has 1 aliphatic rings. The molecule has 1 atom stereocenters. The third-order valence-electron chi connectivity index (χ3n) is 3.92. The molecular formula is C15H13F3N6O. The summed E-state index contributed by atoms with van der Waals surface area (Å²) in [6.07, 6.45) is -0.646. The Morgan fingerprint density at radius 3 is 2.64 bits per heavy atom. The SMILES string of the molecule is FC(F)(F)c1nnc2ccc(N3CC[C@H](Oc4ccncc4)C3)nn12. The summed E-state index contributed by atoms with van der Waals surface area (Å²) in [5.74, 6) is 0.00943. The van der Waals surface area contributed by atoms with Crippen molar-refractivity contribution in [2.24, 2.45) is 0 Å². The molecule has 1 aliphatic heterocycles. The van der Waals surface area contributed by atoms with Gasteiger partial charge in [-0.05, 0) is 24.3 Å². The number of ether oxygens (including phenoxy) is 1. The molecule has 0 spiro atoms. The van der Waals surface area contributed by atoms with Gasteiger partial charge in [0.15, 0.2) is 5.65 Å². The Hall–Kier alpha value is -2.91. The van der Waals surface area contributed by atoms with Gasteiger partial charge >= 0.3 is 6.18 Å². The van der Waals surface area contributed by atoms with Gasteiger partial charge in [0.25, 0.3) is 5.82 Å². The smallest absolute Gasteiger partial charge is 0.453 e. The molecule has 0 saturated carbocycles. The van der Waals surface area contributed by atoms with Crippen LogP contribution in [-0.2, 0) is 6.18 Å². The highest BCUT2D eigenvalue weighted by Crippen LogP contribution is 2.28. The molecule has 0 amide bonds. The van der Waals surface area contributed by atoms with Gasteiger partial charge in [0.2, 0.25) is 0 Å². The lowest BCUT2D eigenvalue weighted by Gasteiger charge is -2.18. The largest absolute Gasteiger partial charge is 0.488 e. The number of aromatic nitrogens is 5. The summed E-state index contributed by atoms with van der Waals surface area (Å²) >= 11 is 0. The second-order valence-electron chi connectivity index (χ2n) is 5.64. The molecule has 3 aromatic heterocycles. The molecule has 0 aromatic carbocycles. The molecule has 130 valence electrons. The van der Waals surface area contributed by atoms with Gasteiger partial charge in [0.05, 0.1) is 6.54 Å². The van der Waals surface area contributed by atoms with Crippen molar-refractivity contribution >= 4 is 11.5 Å². The fraction of sp³-hybridized carbons (Fsp3) is 0.333. The predicted octanol–water partition coefficient (Wildman–Crippen LogP) is 2.20. The summed E-state index contributed by atoms with van der Waals surface area (Å²) in [6.45, 7) is 1.17. The van der Waals surface area contributed by atoms with Crippen LogP contribution in [0.1, 0.15) is 12.2 Å².